The molecule has 1 N–H and O–H groups in total. The van der Waals surface area contributed by atoms with Crippen LogP contribution in [0.25, 0.3) is 22.3 Å². The lowest BCUT2D eigenvalue weighted by atomic mass is 9.71. The molecule has 9 rings (SSSR count). The largest absolute Gasteiger partial charge is 0.379 e. The third-order valence-electron chi connectivity index (χ3n) is 13.3. The van der Waals surface area contributed by atoms with E-state index in [1.54, 1.807) is 18.6 Å². The number of hydrogen-bond acceptors (Lipinski definition) is 8. The molecule has 0 bridgehead atoms. The van der Waals surface area contributed by atoms with Crippen molar-refractivity contribution >= 4 is 40.0 Å². The van der Waals surface area contributed by atoms with Gasteiger partial charge < -0.3 is 29.3 Å². The van der Waals surface area contributed by atoms with Gasteiger partial charge in [-0.15, -0.1) is 0 Å². The number of amides is 2. The lowest BCUT2D eigenvalue weighted by Crippen LogP contribution is -2.61. The Labute approximate surface area is 316 Å². The molecule has 0 atom stereocenters. The Morgan fingerprint density at radius 1 is 0.981 bits per heavy atom. The molecule has 284 valence electrons. The van der Waals surface area contributed by atoms with Crippen LogP contribution in [-0.4, -0.2) is 92.6 Å². The van der Waals surface area contributed by atoms with Crippen LogP contribution in [0.5, 0.6) is 0 Å². The van der Waals surface area contributed by atoms with Gasteiger partial charge in [0.25, 0.3) is 0 Å². The smallest absolute Gasteiger partial charge is 0.238 e. The van der Waals surface area contributed by atoms with E-state index in [9.17, 15) is 14.0 Å². The molecule has 54 heavy (non-hydrogen) atoms. The van der Waals surface area contributed by atoms with Gasteiger partial charge in [-0.1, -0.05) is 32.4 Å². The number of pyridine rings is 2. The third kappa shape index (κ3) is 5.53. The Hall–Kier alpha value is -4.42. The van der Waals surface area contributed by atoms with Crippen molar-refractivity contribution in [1.82, 2.24) is 29.3 Å². The molecule has 1 spiro atoms. The van der Waals surface area contributed by atoms with E-state index < -0.39 is 16.6 Å². The zero-order valence-corrected chi connectivity index (χ0v) is 31.9. The molecule has 4 fully saturated rings. The highest BCUT2D eigenvalue weighted by atomic mass is 19.1. The van der Waals surface area contributed by atoms with Gasteiger partial charge in [0, 0.05) is 48.7 Å². The molecule has 11 nitrogen and oxygen atoms in total. The first-order chi connectivity index (χ1) is 26.1. The van der Waals surface area contributed by atoms with E-state index >= 15 is 0 Å². The zero-order valence-electron chi connectivity index (χ0n) is 31.9. The number of ether oxygens (including phenoxy) is 1. The van der Waals surface area contributed by atoms with Crippen molar-refractivity contribution in [3.63, 3.8) is 0 Å². The summed E-state index contributed by atoms with van der Waals surface area (Å²) < 4.78 is 22.5. The number of anilines is 3. The van der Waals surface area contributed by atoms with Gasteiger partial charge in [0.1, 0.15) is 5.52 Å². The van der Waals surface area contributed by atoms with Crippen LogP contribution in [0.2, 0.25) is 0 Å². The number of hydrogen-bond donors (Lipinski definition) is 1. The van der Waals surface area contributed by atoms with Gasteiger partial charge in [-0.3, -0.25) is 14.6 Å². The van der Waals surface area contributed by atoms with Crippen LogP contribution in [-0.2, 0) is 19.7 Å². The first-order valence-corrected chi connectivity index (χ1v) is 19.9. The first kappa shape index (κ1) is 35.3. The van der Waals surface area contributed by atoms with Gasteiger partial charge in [-0.2, -0.15) is 0 Å². The summed E-state index contributed by atoms with van der Waals surface area (Å²) in [5.41, 5.74) is 4.23. The molecule has 1 saturated carbocycles. The lowest BCUT2D eigenvalue weighted by Gasteiger charge is -2.49. The molecule has 3 saturated heterocycles. The fourth-order valence-electron chi connectivity index (χ4n) is 9.67. The summed E-state index contributed by atoms with van der Waals surface area (Å²) in [4.78, 5) is 49.4. The number of nitrogens with zero attached hydrogens (tertiary/aromatic N) is 7. The molecule has 2 amide bonds. The number of fused-ring (bicyclic) bond motifs is 3. The van der Waals surface area contributed by atoms with E-state index in [1.807, 2.05) is 15.5 Å². The zero-order chi connectivity index (χ0) is 37.4. The quantitative estimate of drug-likeness (QED) is 0.210. The molecule has 3 aromatic heterocycles. The van der Waals surface area contributed by atoms with Crippen LogP contribution >= 0.6 is 0 Å². The van der Waals surface area contributed by atoms with Gasteiger partial charge in [0.15, 0.2) is 11.6 Å². The van der Waals surface area contributed by atoms with E-state index in [1.165, 1.54) is 25.5 Å². The second-order valence-corrected chi connectivity index (χ2v) is 16.9. The van der Waals surface area contributed by atoms with Gasteiger partial charge in [0.05, 0.1) is 53.5 Å². The van der Waals surface area contributed by atoms with Crippen LogP contribution < -0.4 is 10.2 Å². The highest BCUT2D eigenvalue weighted by molar-refractivity contribution is 6.09. The Morgan fingerprint density at radius 3 is 2.41 bits per heavy atom. The molecule has 4 aliphatic heterocycles. The summed E-state index contributed by atoms with van der Waals surface area (Å²) in [6.45, 7) is 12.7. The van der Waals surface area contributed by atoms with Crippen molar-refractivity contribution in [1.29, 1.82) is 0 Å². The maximum absolute atomic E-state index is 15.0. The molecule has 1 aliphatic carbocycles. The second kappa shape index (κ2) is 13.4. The van der Waals surface area contributed by atoms with Gasteiger partial charge in [0.2, 0.25) is 11.8 Å². The molecule has 0 radical (unpaired) electrons. The minimum Gasteiger partial charge on any atom is -0.379 e. The summed E-state index contributed by atoms with van der Waals surface area (Å²) >= 11 is 0. The van der Waals surface area contributed by atoms with Crippen molar-refractivity contribution in [2.24, 2.45) is 11.3 Å². The van der Waals surface area contributed by atoms with Gasteiger partial charge in [-0.05, 0) is 95.1 Å². The van der Waals surface area contributed by atoms with Crippen molar-refractivity contribution in [2.45, 2.75) is 96.2 Å². The number of carbonyl (C=O) groups excluding carboxylic acids is 2. The predicted molar refractivity (Wildman–Crippen MR) is 206 cm³/mol. The summed E-state index contributed by atoms with van der Waals surface area (Å²) in [6.07, 6.45) is 11.5. The number of aromatic nitrogens is 4. The van der Waals surface area contributed by atoms with E-state index in [0.717, 1.165) is 53.8 Å². The Kier molecular flexibility index (Phi) is 8.76. The van der Waals surface area contributed by atoms with Crippen LogP contribution in [0, 0.1) is 17.2 Å². The summed E-state index contributed by atoms with van der Waals surface area (Å²) in [5, 5.41) is 3.24. The number of benzene rings is 1. The standard InChI is InChI=1S/C42H51FN8O3/c1-26(2)42(23-54-24-42)39(52)49-16-11-41(12-17-49)31-9-8-28(18-36(31)51(40(41)53)30-19-29(20-30)48-14-6-5-7-15-48)34-21-35-37(50(25-45-35)27(3)4)38(47-34)46-33-10-13-44-22-32(33)43/h8-10,13,18,21-22,25-27,29-30H,5-7,11-12,14-17,19-20,23-24H2,1-4H3,(H,44,46,47). The average Bonchev–Trinajstić information content (AvgIpc) is 3.66. The van der Waals surface area contributed by atoms with Crippen molar-refractivity contribution in [2.75, 3.05) is 49.6 Å². The minimum absolute atomic E-state index is 0.108. The molecule has 12 heteroatoms. The average molecular weight is 735 g/mol. The SMILES string of the molecule is CC(C)n1cnc2cc(-c3ccc4c(c3)N(C3CC(N5CCCCC5)C3)C(=O)C43CCN(C(=O)C4(C(C)C)COC4)CC3)nc(Nc3ccncc3F)c21. The number of piperidine rings is 2. The number of carbonyl (C=O) groups is 2. The summed E-state index contributed by atoms with van der Waals surface area (Å²) in [5.74, 6) is 0.554. The molecule has 4 aromatic rings. The highest BCUT2D eigenvalue weighted by Gasteiger charge is 2.57. The number of nitrogens with one attached hydrogen (secondary N) is 1. The third-order valence-corrected chi connectivity index (χ3v) is 13.3. The van der Waals surface area contributed by atoms with Crippen LogP contribution in [0.15, 0.2) is 49.1 Å². The van der Waals surface area contributed by atoms with Gasteiger partial charge in [-0.25, -0.2) is 14.4 Å². The molecule has 0 unspecified atom stereocenters. The number of imidazole rings is 1. The van der Waals surface area contributed by atoms with Crippen molar-refractivity contribution in [3.8, 4) is 11.3 Å². The Bertz CT molecular complexity index is 2090. The maximum atomic E-state index is 15.0. The van der Waals surface area contributed by atoms with Gasteiger partial charge >= 0.3 is 0 Å². The fourth-order valence-corrected chi connectivity index (χ4v) is 9.67. The number of likely N-dealkylation sites (tertiary alicyclic amines) is 2. The summed E-state index contributed by atoms with van der Waals surface area (Å²) in [7, 11) is 0. The minimum atomic E-state index is -0.680. The molecule has 5 aliphatic rings. The van der Waals surface area contributed by atoms with Crippen molar-refractivity contribution in [3.05, 3.63) is 60.4 Å². The molecular formula is C42H51FN8O3. The fraction of sp³-hybridized carbons (Fsp3) is 0.548. The topological polar surface area (TPSA) is 109 Å². The van der Waals surface area contributed by atoms with E-state index in [4.69, 9.17) is 14.7 Å². The van der Waals surface area contributed by atoms with Crippen LogP contribution in [0.1, 0.15) is 84.2 Å². The molecular weight excluding hydrogens is 684 g/mol. The molecule has 1 aromatic carbocycles. The Morgan fingerprint density at radius 2 is 1.74 bits per heavy atom. The van der Waals surface area contributed by atoms with Crippen LogP contribution in [0.3, 0.4) is 0 Å². The second-order valence-electron chi connectivity index (χ2n) is 16.9. The van der Waals surface area contributed by atoms with E-state index in [2.05, 4.69) is 66.0 Å². The first-order valence-electron chi connectivity index (χ1n) is 19.9. The highest BCUT2D eigenvalue weighted by Crippen LogP contribution is 2.53. The van der Waals surface area contributed by atoms with Crippen LogP contribution in [0.4, 0.5) is 21.6 Å². The Balaban J connectivity index is 1.08. The number of halogens is 1. The maximum Gasteiger partial charge on any atom is 0.238 e. The lowest BCUT2D eigenvalue weighted by molar-refractivity contribution is -0.184. The van der Waals surface area contributed by atoms with Crippen molar-refractivity contribution < 1.29 is 18.7 Å². The molecule has 7 heterocycles. The summed E-state index contributed by atoms with van der Waals surface area (Å²) in [6, 6.07) is 10.6. The van der Waals surface area contributed by atoms with E-state index in [0.29, 0.717) is 56.7 Å². The normalized spacial score (nSPS) is 23.6. The monoisotopic (exact) mass is 734 g/mol. The number of rotatable bonds is 8. The predicted octanol–water partition coefficient (Wildman–Crippen LogP) is 6.85. The van der Waals surface area contributed by atoms with E-state index in [-0.39, 0.29) is 35.5 Å².